The second-order valence-corrected chi connectivity index (χ2v) is 14.5. The Hall–Kier alpha value is -4.39. The molecule has 3 aliphatic rings. The molecule has 2 amide bonds. The van der Waals surface area contributed by atoms with Gasteiger partial charge in [0, 0.05) is 30.8 Å². The number of carbonyl (C=O) groups is 2. The van der Waals surface area contributed by atoms with E-state index in [0.717, 1.165) is 24.3 Å². The third-order valence-electron chi connectivity index (χ3n) is 10.0. The maximum Gasteiger partial charge on any atom is 0.417 e. The quantitative estimate of drug-likeness (QED) is 0.258. The smallest absolute Gasteiger partial charge is 0.417 e. The minimum Gasteiger partial charge on any atom is -0.439 e. The fourth-order valence-corrected chi connectivity index (χ4v) is 7.29. The number of carbonyl (C=O) groups excluding carboxylic acids is 2. The Bertz CT molecular complexity index is 1910. The number of aliphatic hydroxyl groups is 1. The van der Waals surface area contributed by atoms with Crippen LogP contribution in [-0.2, 0) is 17.1 Å². The number of cyclic esters (lactones) is 1. The van der Waals surface area contributed by atoms with Crippen LogP contribution >= 0.6 is 0 Å². The van der Waals surface area contributed by atoms with Gasteiger partial charge in [0.2, 0.25) is 0 Å². The number of amides is 2. The van der Waals surface area contributed by atoms with Crippen LogP contribution < -0.4 is 0 Å². The number of allylic oxidation sites excluding steroid dienone is 1. The van der Waals surface area contributed by atoms with Crippen molar-refractivity contribution in [2.45, 2.75) is 77.6 Å². The van der Waals surface area contributed by atoms with Crippen molar-refractivity contribution in [3.63, 3.8) is 0 Å². The number of aliphatic hydroxyl groups excluding tert-OH is 1. The Balaban J connectivity index is 1.36. The van der Waals surface area contributed by atoms with Crippen molar-refractivity contribution < 1.29 is 50.2 Å². The van der Waals surface area contributed by atoms with Gasteiger partial charge in [-0.15, -0.1) is 0 Å². The predicted molar refractivity (Wildman–Crippen MR) is 175 cm³/mol. The van der Waals surface area contributed by atoms with Gasteiger partial charge >= 0.3 is 18.4 Å². The molecule has 0 saturated carbocycles. The van der Waals surface area contributed by atoms with Gasteiger partial charge in [-0.05, 0) is 103 Å². The Morgan fingerprint density at radius 1 is 0.961 bits per heavy atom. The van der Waals surface area contributed by atoms with Gasteiger partial charge < -0.3 is 14.7 Å². The molecule has 0 radical (unpaired) electrons. The maximum atomic E-state index is 15.7. The van der Waals surface area contributed by atoms with Gasteiger partial charge in [0.15, 0.2) is 0 Å². The van der Waals surface area contributed by atoms with Crippen LogP contribution in [0.4, 0.5) is 35.5 Å². The van der Waals surface area contributed by atoms with Crippen LogP contribution in [0.1, 0.15) is 84.3 Å². The number of nitrogens with zero attached hydrogens (tertiary/aromatic N) is 2. The summed E-state index contributed by atoms with van der Waals surface area (Å²) in [6.07, 6.45) is -10.5. The number of alkyl halides is 6. The fraction of sp³-hybridized carbons (Fsp3) is 0.421. The van der Waals surface area contributed by atoms with Crippen molar-refractivity contribution >= 4 is 17.6 Å². The van der Waals surface area contributed by atoms with Crippen molar-refractivity contribution in [1.82, 2.24) is 9.80 Å². The summed E-state index contributed by atoms with van der Waals surface area (Å²) in [4.78, 5) is 28.6. The number of halogens is 7. The van der Waals surface area contributed by atoms with Crippen molar-refractivity contribution in [2.24, 2.45) is 5.41 Å². The molecular weight excluding hydrogens is 681 g/mol. The number of hydrogen-bond acceptors (Lipinski definition) is 4. The molecular formula is C38H37F7N2O4. The van der Waals surface area contributed by atoms with Crippen LogP contribution in [0.5, 0.6) is 0 Å². The highest BCUT2D eigenvalue weighted by Crippen LogP contribution is 2.46. The number of benzene rings is 3. The lowest BCUT2D eigenvalue weighted by molar-refractivity contribution is -0.138. The summed E-state index contributed by atoms with van der Waals surface area (Å²) < 4.78 is 105. The first-order valence-corrected chi connectivity index (χ1v) is 16.6. The van der Waals surface area contributed by atoms with E-state index in [1.807, 2.05) is 13.8 Å². The zero-order valence-electron chi connectivity index (χ0n) is 28.4. The molecule has 2 aliphatic heterocycles. The van der Waals surface area contributed by atoms with Crippen LogP contribution in [0, 0.1) is 18.2 Å². The van der Waals surface area contributed by atoms with Gasteiger partial charge in [-0.2, -0.15) is 26.3 Å². The molecule has 0 spiro atoms. The average molecular weight is 719 g/mol. The molecule has 0 bridgehead atoms. The van der Waals surface area contributed by atoms with Crippen LogP contribution in [-0.4, -0.2) is 58.7 Å². The van der Waals surface area contributed by atoms with Gasteiger partial charge in [-0.1, -0.05) is 37.6 Å². The summed E-state index contributed by atoms with van der Waals surface area (Å²) in [7, 11) is 0. The van der Waals surface area contributed by atoms with Gasteiger partial charge in [0.25, 0.3) is 5.91 Å². The lowest BCUT2D eigenvalue weighted by atomic mass is 9.72. The Morgan fingerprint density at radius 2 is 1.67 bits per heavy atom. The number of hydrogen-bond donors (Lipinski definition) is 1. The number of aryl methyl sites for hydroxylation is 1. The summed E-state index contributed by atoms with van der Waals surface area (Å²) in [5.74, 6) is -1.31. The summed E-state index contributed by atoms with van der Waals surface area (Å²) in [5, 5.41) is 9.53. The van der Waals surface area contributed by atoms with E-state index in [1.54, 1.807) is 6.92 Å². The molecule has 0 unspecified atom stereocenters. The van der Waals surface area contributed by atoms with Crippen LogP contribution in [0.2, 0.25) is 0 Å². The minimum atomic E-state index is -4.85. The van der Waals surface area contributed by atoms with Gasteiger partial charge in [0.1, 0.15) is 11.9 Å². The van der Waals surface area contributed by atoms with Crippen molar-refractivity contribution in [2.75, 3.05) is 19.6 Å². The van der Waals surface area contributed by atoms with Gasteiger partial charge in [-0.25, -0.2) is 9.18 Å². The molecule has 6 nitrogen and oxygen atoms in total. The van der Waals surface area contributed by atoms with E-state index in [-0.39, 0.29) is 52.9 Å². The van der Waals surface area contributed by atoms with Gasteiger partial charge in [-0.3, -0.25) is 9.69 Å². The van der Waals surface area contributed by atoms with E-state index >= 15 is 4.39 Å². The zero-order valence-corrected chi connectivity index (χ0v) is 28.4. The lowest BCUT2D eigenvalue weighted by Crippen LogP contribution is -2.53. The van der Waals surface area contributed by atoms with Crippen molar-refractivity contribution in [3.05, 3.63) is 99.4 Å². The summed E-state index contributed by atoms with van der Waals surface area (Å²) in [6.45, 7) is 7.23. The molecule has 1 N–H and O–H groups in total. The Labute approximate surface area is 290 Å². The van der Waals surface area contributed by atoms with E-state index in [9.17, 15) is 41.0 Å². The largest absolute Gasteiger partial charge is 0.439 e. The maximum absolute atomic E-state index is 15.7. The van der Waals surface area contributed by atoms with Crippen LogP contribution in [0.15, 0.2) is 60.2 Å². The minimum absolute atomic E-state index is 0.0211. The van der Waals surface area contributed by atoms with E-state index in [1.165, 1.54) is 47.1 Å². The number of ether oxygens (including phenoxy) is 1. The number of likely N-dealkylation sites (tertiary alicyclic amines) is 1. The third-order valence-corrected chi connectivity index (χ3v) is 10.0. The van der Waals surface area contributed by atoms with E-state index in [0.29, 0.717) is 36.0 Å². The molecule has 2 heterocycles. The average Bonchev–Trinajstić information content (AvgIpc) is 3.30. The third kappa shape index (κ3) is 7.35. The first kappa shape index (κ1) is 36.4. The second-order valence-electron chi connectivity index (χ2n) is 14.5. The first-order chi connectivity index (χ1) is 23.7. The first-order valence-electron chi connectivity index (χ1n) is 16.6. The summed E-state index contributed by atoms with van der Waals surface area (Å²) >= 11 is 0. The molecule has 272 valence electrons. The topological polar surface area (TPSA) is 70.1 Å². The molecule has 3 aromatic rings. The molecule has 2 saturated heterocycles. The van der Waals surface area contributed by atoms with Crippen molar-refractivity contribution in [3.8, 4) is 11.1 Å². The summed E-state index contributed by atoms with van der Waals surface area (Å²) in [5.41, 5.74) is -0.758. The molecule has 0 aromatic heterocycles. The molecule has 6 rings (SSSR count). The van der Waals surface area contributed by atoms with Crippen LogP contribution in [0.3, 0.4) is 0 Å². The highest BCUT2D eigenvalue weighted by atomic mass is 19.4. The highest BCUT2D eigenvalue weighted by molar-refractivity contribution is 5.96. The van der Waals surface area contributed by atoms with E-state index in [4.69, 9.17) is 4.74 Å². The Morgan fingerprint density at radius 3 is 2.31 bits per heavy atom. The highest BCUT2D eigenvalue weighted by Gasteiger charge is 2.43. The number of rotatable bonds is 6. The SMILES string of the molecule is Cc1cc([C@H]2OC(=O)N(CC3=C(c4cc(-c5ccc(C(=O)N6CC(O)C6)cc5C(F)(F)F)ccc4F)CCC(C)(C)C3)[C@H]2C)cc(C(F)(F)F)c1. The summed E-state index contributed by atoms with van der Waals surface area (Å²) in [6, 6.07) is 9.73. The predicted octanol–water partition coefficient (Wildman–Crippen LogP) is 9.20. The standard InChI is InChI=1S/C38H37F7N2O4/c1-20-11-24(13-26(12-20)37(40,41)42)33-21(2)47(35(50)51-33)17-25-16-36(3,4)10-9-28(25)30-14-22(6-8-32(30)39)29-7-5-23(15-31(29)38(43,44)45)34(49)46-18-27(48)19-46/h5-8,11-15,21,27,33,48H,9-10,16-19H2,1-4H3/t21-,33-/m0/s1. The zero-order chi connectivity index (χ0) is 37.2. The van der Waals surface area contributed by atoms with Crippen molar-refractivity contribution in [1.29, 1.82) is 0 Å². The van der Waals surface area contributed by atoms with Crippen LogP contribution in [0.25, 0.3) is 16.7 Å². The molecule has 13 heteroatoms. The lowest BCUT2D eigenvalue weighted by Gasteiger charge is -2.36. The monoisotopic (exact) mass is 718 g/mol. The molecule has 2 atom stereocenters. The number of β-amino-alcohol motifs (C(OH)–C–C–N with tert-alkyl or cyclic N) is 1. The normalized spacial score (nSPS) is 21.2. The fourth-order valence-electron chi connectivity index (χ4n) is 7.29. The van der Waals surface area contributed by atoms with E-state index < -0.39 is 59.5 Å². The molecule has 51 heavy (non-hydrogen) atoms. The Kier molecular flexibility index (Phi) is 9.27. The molecule has 3 aromatic carbocycles. The second kappa shape index (κ2) is 13.0. The molecule has 2 fully saturated rings. The van der Waals surface area contributed by atoms with E-state index in [2.05, 4.69) is 0 Å². The van der Waals surface area contributed by atoms with Gasteiger partial charge in [0.05, 0.1) is 23.3 Å². The molecule has 1 aliphatic carbocycles.